The maximum atomic E-state index is 3.74. The van der Waals surface area contributed by atoms with Crippen LogP contribution in [0.1, 0.15) is 30.4 Å². The van der Waals surface area contributed by atoms with E-state index in [1.807, 2.05) is 0 Å². The highest BCUT2D eigenvalue weighted by Gasteiger charge is 2.26. The number of hydrogen-bond donors (Lipinski definition) is 1. The first-order chi connectivity index (χ1) is 7.31. The summed E-state index contributed by atoms with van der Waals surface area (Å²) in [5.74, 6) is 0. The SMILES string of the molecule is Brc1ccc2c(c1)CCC(NC1CC1)C2. The molecule has 1 saturated carbocycles. The molecule has 1 nitrogen and oxygen atoms in total. The van der Waals surface area contributed by atoms with Crippen molar-refractivity contribution in [3.05, 3.63) is 33.8 Å². The quantitative estimate of drug-likeness (QED) is 0.867. The lowest BCUT2D eigenvalue weighted by Crippen LogP contribution is -2.35. The number of nitrogens with one attached hydrogen (secondary N) is 1. The molecular weight excluding hydrogens is 250 g/mol. The number of hydrogen-bond acceptors (Lipinski definition) is 1. The first-order valence-electron chi connectivity index (χ1n) is 5.84. The molecule has 15 heavy (non-hydrogen) atoms. The Hall–Kier alpha value is -0.340. The predicted molar refractivity (Wildman–Crippen MR) is 66.1 cm³/mol. The van der Waals surface area contributed by atoms with Crippen molar-refractivity contribution in [1.29, 1.82) is 0 Å². The van der Waals surface area contributed by atoms with Crippen LogP contribution >= 0.6 is 15.9 Å². The topological polar surface area (TPSA) is 12.0 Å². The fourth-order valence-corrected chi connectivity index (χ4v) is 2.86. The minimum atomic E-state index is 0.728. The molecule has 1 N–H and O–H groups in total. The van der Waals surface area contributed by atoms with E-state index < -0.39 is 0 Å². The van der Waals surface area contributed by atoms with E-state index in [0.717, 1.165) is 12.1 Å². The van der Waals surface area contributed by atoms with Gasteiger partial charge in [0.15, 0.2) is 0 Å². The van der Waals surface area contributed by atoms with Gasteiger partial charge < -0.3 is 5.32 Å². The molecule has 0 amide bonds. The average molecular weight is 266 g/mol. The van der Waals surface area contributed by atoms with Crippen molar-refractivity contribution in [2.24, 2.45) is 0 Å². The van der Waals surface area contributed by atoms with Gasteiger partial charge >= 0.3 is 0 Å². The monoisotopic (exact) mass is 265 g/mol. The van der Waals surface area contributed by atoms with Crippen LogP contribution in [0.5, 0.6) is 0 Å². The standard InChI is InChI=1S/C13H16BrN/c14-11-3-1-10-8-13(15-12-5-6-12)4-2-9(10)7-11/h1,3,7,12-13,15H,2,4-6,8H2. The third-order valence-electron chi connectivity index (χ3n) is 3.45. The van der Waals surface area contributed by atoms with Crippen molar-refractivity contribution < 1.29 is 0 Å². The van der Waals surface area contributed by atoms with Gasteiger partial charge in [-0.3, -0.25) is 0 Å². The molecule has 1 unspecified atom stereocenters. The van der Waals surface area contributed by atoms with Crippen LogP contribution in [0.25, 0.3) is 0 Å². The molecule has 2 aliphatic rings. The molecule has 1 atom stereocenters. The van der Waals surface area contributed by atoms with Gasteiger partial charge in [0.05, 0.1) is 0 Å². The summed E-state index contributed by atoms with van der Waals surface area (Å²) in [6, 6.07) is 8.29. The van der Waals surface area contributed by atoms with Crippen molar-refractivity contribution in [3.8, 4) is 0 Å². The Morgan fingerprint density at radius 1 is 1.07 bits per heavy atom. The summed E-state index contributed by atoms with van der Waals surface area (Å²) in [5.41, 5.74) is 3.08. The highest BCUT2D eigenvalue weighted by atomic mass is 79.9. The summed E-state index contributed by atoms with van der Waals surface area (Å²) in [6.07, 6.45) is 6.55. The van der Waals surface area contributed by atoms with Crippen molar-refractivity contribution in [1.82, 2.24) is 5.32 Å². The first kappa shape index (κ1) is 9.86. The van der Waals surface area contributed by atoms with Gasteiger partial charge in [-0.05, 0) is 55.4 Å². The molecule has 1 fully saturated rings. The normalized spacial score (nSPS) is 25.0. The highest BCUT2D eigenvalue weighted by molar-refractivity contribution is 9.10. The van der Waals surface area contributed by atoms with E-state index in [1.165, 1.54) is 36.6 Å². The Kier molecular flexibility index (Phi) is 2.57. The molecule has 0 aromatic heterocycles. The number of aryl methyl sites for hydroxylation is 1. The predicted octanol–water partition coefficient (Wildman–Crippen LogP) is 3.06. The third-order valence-corrected chi connectivity index (χ3v) is 3.94. The zero-order valence-corrected chi connectivity index (χ0v) is 10.4. The summed E-state index contributed by atoms with van der Waals surface area (Å²) in [5, 5.41) is 3.74. The Balaban J connectivity index is 1.74. The van der Waals surface area contributed by atoms with E-state index in [4.69, 9.17) is 0 Å². The third kappa shape index (κ3) is 2.26. The van der Waals surface area contributed by atoms with Crippen LogP contribution < -0.4 is 5.32 Å². The van der Waals surface area contributed by atoms with E-state index >= 15 is 0 Å². The molecule has 0 radical (unpaired) electrons. The second kappa shape index (κ2) is 3.91. The molecule has 1 aromatic rings. The van der Waals surface area contributed by atoms with Crippen molar-refractivity contribution in [2.75, 3.05) is 0 Å². The van der Waals surface area contributed by atoms with Gasteiger partial charge in [-0.25, -0.2) is 0 Å². The molecule has 0 aliphatic heterocycles. The molecule has 0 spiro atoms. The van der Waals surface area contributed by atoms with Gasteiger partial charge in [-0.15, -0.1) is 0 Å². The van der Waals surface area contributed by atoms with Crippen LogP contribution in [0, 0.1) is 0 Å². The van der Waals surface area contributed by atoms with Crippen LogP contribution in [0.2, 0.25) is 0 Å². The van der Waals surface area contributed by atoms with Crippen LogP contribution in [-0.4, -0.2) is 12.1 Å². The molecule has 0 heterocycles. The Morgan fingerprint density at radius 2 is 1.93 bits per heavy atom. The number of rotatable bonds is 2. The van der Waals surface area contributed by atoms with Crippen molar-refractivity contribution in [3.63, 3.8) is 0 Å². The minimum Gasteiger partial charge on any atom is -0.311 e. The summed E-state index contributed by atoms with van der Waals surface area (Å²) >= 11 is 3.54. The lowest BCUT2D eigenvalue weighted by atomic mass is 9.88. The zero-order chi connectivity index (χ0) is 10.3. The average Bonchev–Trinajstić information content (AvgIpc) is 3.02. The lowest BCUT2D eigenvalue weighted by molar-refractivity contribution is 0.456. The summed E-state index contributed by atoms with van der Waals surface area (Å²) in [4.78, 5) is 0. The van der Waals surface area contributed by atoms with E-state index in [0.29, 0.717) is 0 Å². The molecule has 2 aliphatic carbocycles. The minimum absolute atomic E-state index is 0.728. The molecule has 2 heteroatoms. The Labute approximate surface area is 99.4 Å². The smallest absolute Gasteiger partial charge is 0.0178 e. The molecular formula is C13H16BrN. The van der Waals surface area contributed by atoms with E-state index in [1.54, 1.807) is 11.1 Å². The number of halogens is 1. The fourth-order valence-electron chi connectivity index (χ4n) is 2.45. The molecule has 1 aromatic carbocycles. The second-order valence-corrected chi connectivity index (χ2v) is 5.71. The largest absolute Gasteiger partial charge is 0.311 e. The van der Waals surface area contributed by atoms with E-state index in [2.05, 4.69) is 39.4 Å². The Bertz CT molecular complexity index is 371. The molecule has 3 rings (SSSR count). The van der Waals surface area contributed by atoms with Gasteiger partial charge in [-0.1, -0.05) is 22.0 Å². The van der Waals surface area contributed by atoms with Crippen molar-refractivity contribution >= 4 is 15.9 Å². The second-order valence-electron chi connectivity index (χ2n) is 4.79. The molecule has 80 valence electrons. The first-order valence-corrected chi connectivity index (χ1v) is 6.64. The van der Waals surface area contributed by atoms with Crippen LogP contribution in [0.15, 0.2) is 22.7 Å². The van der Waals surface area contributed by atoms with E-state index in [9.17, 15) is 0 Å². The van der Waals surface area contributed by atoms with Crippen LogP contribution in [0.3, 0.4) is 0 Å². The van der Waals surface area contributed by atoms with Gasteiger partial charge in [-0.2, -0.15) is 0 Å². The zero-order valence-electron chi connectivity index (χ0n) is 8.80. The Morgan fingerprint density at radius 3 is 2.73 bits per heavy atom. The summed E-state index contributed by atoms with van der Waals surface area (Å²) in [6.45, 7) is 0. The van der Waals surface area contributed by atoms with Gasteiger partial charge in [0.25, 0.3) is 0 Å². The highest BCUT2D eigenvalue weighted by Crippen LogP contribution is 2.27. The maximum absolute atomic E-state index is 3.74. The van der Waals surface area contributed by atoms with Crippen molar-refractivity contribution in [2.45, 2.75) is 44.2 Å². The van der Waals surface area contributed by atoms with Gasteiger partial charge in [0.2, 0.25) is 0 Å². The van der Waals surface area contributed by atoms with E-state index in [-0.39, 0.29) is 0 Å². The maximum Gasteiger partial charge on any atom is 0.0178 e. The van der Waals surface area contributed by atoms with Gasteiger partial charge in [0, 0.05) is 16.6 Å². The lowest BCUT2D eigenvalue weighted by Gasteiger charge is -2.25. The van der Waals surface area contributed by atoms with Crippen LogP contribution in [0.4, 0.5) is 0 Å². The number of benzene rings is 1. The van der Waals surface area contributed by atoms with Crippen LogP contribution in [-0.2, 0) is 12.8 Å². The number of fused-ring (bicyclic) bond motifs is 1. The molecule has 0 bridgehead atoms. The summed E-state index contributed by atoms with van der Waals surface area (Å²) in [7, 11) is 0. The summed E-state index contributed by atoms with van der Waals surface area (Å²) < 4.78 is 1.22. The van der Waals surface area contributed by atoms with Gasteiger partial charge in [0.1, 0.15) is 0 Å². The fraction of sp³-hybridized carbons (Fsp3) is 0.538. The molecule has 0 saturated heterocycles.